The van der Waals surface area contributed by atoms with Gasteiger partial charge in [-0.25, -0.2) is 9.78 Å². The van der Waals surface area contributed by atoms with Crippen LogP contribution in [0.1, 0.15) is 33.6 Å². The lowest BCUT2D eigenvalue weighted by molar-refractivity contribution is 0.0177. The second-order valence-electron chi connectivity index (χ2n) is 8.88. The van der Waals surface area contributed by atoms with Gasteiger partial charge in [-0.05, 0) is 67.6 Å². The zero-order valence-electron chi connectivity index (χ0n) is 17.9. The summed E-state index contributed by atoms with van der Waals surface area (Å²) in [6.07, 6.45) is 7.05. The smallest absolute Gasteiger partial charge is 0.410 e. The number of piperidine rings is 1. The number of fused-ring (bicyclic) bond motifs is 1. The first kappa shape index (κ1) is 21.5. The second-order valence-corrected chi connectivity index (χ2v) is 9.68. The number of ether oxygens (including phenoxy) is 1. The molecule has 1 aliphatic rings. The van der Waals surface area contributed by atoms with Crippen LogP contribution in [0.3, 0.4) is 0 Å². The second kappa shape index (κ2) is 8.45. The van der Waals surface area contributed by atoms with Gasteiger partial charge < -0.3 is 14.7 Å². The molecule has 0 saturated carbocycles. The third-order valence-electron chi connectivity index (χ3n) is 5.27. The van der Waals surface area contributed by atoms with Crippen LogP contribution in [0, 0.1) is 5.92 Å². The fourth-order valence-electron chi connectivity index (χ4n) is 3.66. The molecule has 31 heavy (non-hydrogen) atoms. The van der Waals surface area contributed by atoms with Gasteiger partial charge in [-0.1, -0.05) is 0 Å². The van der Waals surface area contributed by atoms with Gasteiger partial charge in [-0.2, -0.15) is 5.10 Å². The normalized spacial score (nSPS) is 15.4. The van der Waals surface area contributed by atoms with Crippen LogP contribution in [-0.4, -0.2) is 54.5 Å². The summed E-state index contributed by atoms with van der Waals surface area (Å²) in [5.41, 5.74) is 2.41. The molecule has 4 rings (SSSR count). The van der Waals surface area contributed by atoms with E-state index < -0.39 is 5.60 Å². The largest absolute Gasteiger partial charge is 0.507 e. The van der Waals surface area contributed by atoms with Crippen molar-refractivity contribution in [1.82, 2.24) is 24.6 Å². The fraction of sp³-hybridized carbons (Fsp3) is 0.455. The topological polar surface area (TPSA) is 93.4 Å². The molecule has 3 heterocycles. The van der Waals surface area contributed by atoms with Crippen LogP contribution in [0.2, 0.25) is 0 Å². The number of phenolic OH excluding ortho intramolecular Hbond substituents is 1. The Kier molecular flexibility index (Phi) is 5.88. The number of amides is 1. The quantitative estimate of drug-likeness (QED) is 0.579. The number of carbonyl (C=O) groups excluding carboxylic acids is 1. The Hall–Kier alpha value is -2.68. The minimum atomic E-state index is -0.473. The molecule has 0 aliphatic carbocycles. The Labute approximate surface area is 189 Å². The summed E-state index contributed by atoms with van der Waals surface area (Å²) in [5.74, 6) is 0.576. The third kappa shape index (κ3) is 4.98. The molecular weight excluding hydrogens is 462 g/mol. The first-order valence-corrected chi connectivity index (χ1v) is 11.1. The minimum absolute atomic E-state index is 0.132. The van der Waals surface area contributed by atoms with E-state index in [1.165, 1.54) is 0 Å². The van der Waals surface area contributed by atoms with E-state index in [2.05, 4.69) is 31.0 Å². The zero-order chi connectivity index (χ0) is 22.2. The van der Waals surface area contributed by atoms with E-state index in [0.29, 0.717) is 40.2 Å². The van der Waals surface area contributed by atoms with Gasteiger partial charge in [0.2, 0.25) is 0 Å². The highest BCUT2D eigenvalue weighted by Crippen LogP contribution is 2.31. The number of aromatic nitrogens is 4. The molecule has 1 saturated heterocycles. The number of aromatic hydroxyl groups is 1. The Morgan fingerprint density at radius 2 is 2.00 bits per heavy atom. The fourth-order valence-corrected chi connectivity index (χ4v) is 4.08. The summed E-state index contributed by atoms with van der Waals surface area (Å²) < 4.78 is 7.92. The molecule has 1 fully saturated rings. The highest BCUT2D eigenvalue weighted by molar-refractivity contribution is 9.10. The van der Waals surface area contributed by atoms with Crippen molar-refractivity contribution in [2.24, 2.45) is 5.92 Å². The van der Waals surface area contributed by atoms with Crippen molar-refractivity contribution in [3.63, 3.8) is 0 Å². The number of benzene rings is 1. The number of hydrogen-bond acceptors (Lipinski definition) is 6. The van der Waals surface area contributed by atoms with Crippen molar-refractivity contribution in [2.45, 2.75) is 45.8 Å². The number of hydrogen-bond donors (Lipinski definition) is 1. The monoisotopic (exact) mass is 487 g/mol. The molecule has 0 atom stereocenters. The molecule has 1 aliphatic heterocycles. The molecular formula is C22H26BrN5O3. The highest BCUT2D eigenvalue weighted by atomic mass is 79.9. The number of phenols is 1. The molecule has 2 aromatic heterocycles. The molecule has 0 spiro atoms. The number of halogens is 1. The van der Waals surface area contributed by atoms with Gasteiger partial charge in [0.25, 0.3) is 0 Å². The van der Waals surface area contributed by atoms with E-state index in [1.807, 2.05) is 31.6 Å². The van der Waals surface area contributed by atoms with Gasteiger partial charge >= 0.3 is 6.09 Å². The van der Waals surface area contributed by atoms with E-state index in [4.69, 9.17) is 4.74 Å². The summed E-state index contributed by atoms with van der Waals surface area (Å²) in [6.45, 7) is 7.83. The standard InChI is InChI=1S/C22H26BrN5O3/c1-22(2,3)31-21(30)27-8-6-14(7-9-27)12-28-13-15(10-25-28)17-11-24-16-4-5-18(29)19(23)20(16)26-17/h4-5,10-11,13-14,29H,6-9,12H2,1-3H3. The van der Waals surface area contributed by atoms with Gasteiger partial charge in [0, 0.05) is 31.4 Å². The maximum Gasteiger partial charge on any atom is 0.410 e. The van der Waals surface area contributed by atoms with Crippen LogP contribution in [0.4, 0.5) is 4.79 Å². The summed E-state index contributed by atoms with van der Waals surface area (Å²) in [6, 6.07) is 3.33. The van der Waals surface area contributed by atoms with Gasteiger partial charge in [0.15, 0.2) is 0 Å². The molecule has 0 radical (unpaired) electrons. The van der Waals surface area contributed by atoms with Crippen LogP contribution in [0.25, 0.3) is 22.3 Å². The molecule has 164 valence electrons. The van der Waals surface area contributed by atoms with Crippen molar-refractivity contribution >= 4 is 33.1 Å². The van der Waals surface area contributed by atoms with Gasteiger partial charge in [0.05, 0.1) is 28.1 Å². The summed E-state index contributed by atoms with van der Waals surface area (Å²) in [7, 11) is 0. The van der Waals surface area contributed by atoms with Gasteiger partial charge in [0.1, 0.15) is 16.9 Å². The van der Waals surface area contributed by atoms with E-state index in [-0.39, 0.29) is 11.8 Å². The minimum Gasteiger partial charge on any atom is -0.507 e. The first-order valence-electron chi connectivity index (χ1n) is 10.3. The maximum absolute atomic E-state index is 12.2. The summed E-state index contributed by atoms with van der Waals surface area (Å²) in [5, 5.41) is 14.4. The van der Waals surface area contributed by atoms with Crippen LogP contribution in [-0.2, 0) is 11.3 Å². The van der Waals surface area contributed by atoms with Crippen molar-refractivity contribution < 1.29 is 14.6 Å². The Morgan fingerprint density at radius 1 is 1.26 bits per heavy atom. The lowest BCUT2D eigenvalue weighted by atomic mass is 9.97. The summed E-state index contributed by atoms with van der Waals surface area (Å²) in [4.78, 5) is 23.1. The van der Waals surface area contributed by atoms with E-state index in [9.17, 15) is 9.90 Å². The Morgan fingerprint density at radius 3 is 2.71 bits per heavy atom. The van der Waals surface area contributed by atoms with E-state index >= 15 is 0 Å². The molecule has 0 bridgehead atoms. The number of rotatable bonds is 3. The molecule has 1 N–H and O–H groups in total. The van der Waals surface area contributed by atoms with Crippen molar-refractivity contribution in [3.05, 3.63) is 35.2 Å². The first-order chi connectivity index (χ1) is 14.7. The lowest BCUT2D eigenvalue weighted by Gasteiger charge is -2.33. The van der Waals surface area contributed by atoms with Gasteiger partial charge in [-0.3, -0.25) is 9.67 Å². The van der Waals surface area contributed by atoms with Crippen LogP contribution < -0.4 is 0 Å². The highest BCUT2D eigenvalue weighted by Gasteiger charge is 2.27. The molecule has 1 amide bonds. The van der Waals surface area contributed by atoms with Crippen molar-refractivity contribution in [1.29, 1.82) is 0 Å². The molecule has 8 nitrogen and oxygen atoms in total. The number of nitrogens with zero attached hydrogens (tertiary/aromatic N) is 5. The van der Waals surface area contributed by atoms with Crippen LogP contribution >= 0.6 is 15.9 Å². The lowest BCUT2D eigenvalue weighted by Crippen LogP contribution is -2.42. The average Bonchev–Trinajstić information content (AvgIpc) is 3.18. The predicted molar refractivity (Wildman–Crippen MR) is 121 cm³/mol. The van der Waals surface area contributed by atoms with E-state index in [1.54, 1.807) is 29.4 Å². The Bertz CT molecular complexity index is 1100. The van der Waals surface area contributed by atoms with E-state index in [0.717, 1.165) is 24.9 Å². The van der Waals surface area contributed by atoms with Crippen molar-refractivity contribution in [3.8, 4) is 17.0 Å². The van der Waals surface area contributed by atoms with Crippen LogP contribution in [0.5, 0.6) is 5.75 Å². The zero-order valence-corrected chi connectivity index (χ0v) is 19.5. The predicted octanol–water partition coefficient (Wildman–Crippen LogP) is 4.61. The number of likely N-dealkylation sites (tertiary alicyclic amines) is 1. The third-order valence-corrected chi connectivity index (χ3v) is 6.05. The Balaban J connectivity index is 1.40. The van der Waals surface area contributed by atoms with Crippen LogP contribution in [0.15, 0.2) is 35.2 Å². The molecule has 1 aromatic carbocycles. The maximum atomic E-state index is 12.2. The molecule has 3 aromatic rings. The van der Waals surface area contributed by atoms with Gasteiger partial charge in [-0.15, -0.1) is 0 Å². The molecule has 0 unspecified atom stereocenters. The molecule has 9 heteroatoms. The summed E-state index contributed by atoms with van der Waals surface area (Å²) >= 11 is 3.38. The average molecular weight is 488 g/mol. The number of carbonyl (C=O) groups is 1. The SMILES string of the molecule is CC(C)(C)OC(=O)N1CCC(Cn2cc(-c3cnc4ccc(O)c(Br)c4n3)cn2)CC1. The van der Waals surface area contributed by atoms with Crippen molar-refractivity contribution in [2.75, 3.05) is 13.1 Å².